The number of rotatable bonds is 4. The molecule has 0 spiro atoms. The molecule has 0 aromatic heterocycles. The standard InChI is InChI=1S/C11H13NO4S/c1-16-4-2-3-7-5-8(11(14)15)12-9(13)6-10(12)17-7/h2-3,5,7,10H,4,6H2,1H3,(H,14,15)/b3-2-/t7?,10-/m1/s1. The van der Waals surface area contributed by atoms with E-state index < -0.39 is 5.97 Å². The summed E-state index contributed by atoms with van der Waals surface area (Å²) in [6.45, 7) is 0.501. The summed E-state index contributed by atoms with van der Waals surface area (Å²) >= 11 is 1.58. The maximum absolute atomic E-state index is 11.3. The summed E-state index contributed by atoms with van der Waals surface area (Å²) in [5, 5.41) is 9.01. The molecule has 2 rings (SSSR count). The third-order valence-corrected chi connectivity index (χ3v) is 3.91. The zero-order valence-electron chi connectivity index (χ0n) is 9.33. The number of carbonyl (C=O) groups excluding carboxylic acids is 1. The van der Waals surface area contributed by atoms with Crippen molar-refractivity contribution in [1.82, 2.24) is 4.90 Å². The second-order valence-electron chi connectivity index (χ2n) is 3.76. The molecule has 0 aromatic carbocycles. The van der Waals surface area contributed by atoms with Crippen molar-refractivity contribution in [3.05, 3.63) is 23.9 Å². The number of β-lactam (4-membered cyclic amide) rings is 1. The molecule has 0 saturated carbocycles. The van der Waals surface area contributed by atoms with E-state index in [9.17, 15) is 9.59 Å². The summed E-state index contributed by atoms with van der Waals surface area (Å²) < 4.78 is 4.89. The first-order valence-electron chi connectivity index (χ1n) is 5.21. The largest absolute Gasteiger partial charge is 0.477 e. The Hall–Kier alpha value is -1.27. The smallest absolute Gasteiger partial charge is 0.352 e. The lowest BCUT2D eigenvalue weighted by Crippen LogP contribution is -2.53. The highest BCUT2D eigenvalue weighted by Gasteiger charge is 2.44. The molecule has 1 N–H and O–H groups in total. The Kier molecular flexibility index (Phi) is 3.54. The van der Waals surface area contributed by atoms with Gasteiger partial charge in [0.1, 0.15) is 5.70 Å². The van der Waals surface area contributed by atoms with E-state index in [2.05, 4.69) is 0 Å². The third-order valence-electron chi connectivity index (χ3n) is 2.61. The van der Waals surface area contributed by atoms with Crippen molar-refractivity contribution in [2.45, 2.75) is 17.0 Å². The predicted octanol–water partition coefficient (Wildman–Crippen LogP) is 0.831. The van der Waals surface area contributed by atoms with E-state index >= 15 is 0 Å². The highest BCUT2D eigenvalue weighted by atomic mass is 32.2. The Bertz CT molecular complexity index is 404. The second-order valence-corrected chi connectivity index (χ2v) is 5.12. The first kappa shape index (κ1) is 12.2. The molecule has 1 amide bonds. The van der Waals surface area contributed by atoms with Gasteiger partial charge < -0.3 is 9.84 Å². The zero-order chi connectivity index (χ0) is 12.4. The van der Waals surface area contributed by atoms with Crippen LogP contribution in [0.3, 0.4) is 0 Å². The number of aliphatic carboxylic acids is 1. The number of carboxylic acids is 1. The second kappa shape index (κ2) is 4.93. The molecular weight excluding hydrogens is 242 g/mol. The van der Waals surface area contributed by atoms with Crippen LogP contribution in [-0.4, -0.2) is 46.2 Å². The van der Waals surface area contributed by atoms with Gasteiger partial charge in [-0.3, -0.25) is 9.69 Å². The topological polar surface area (TPSA) is 66.8 Å². The van der Waals surface area contributed by atoms with Gasteiger partial charge in [0.2, 0.25) is 5.91 Å². The quantitative estimate of drug-likeness (QED) is 0.595. The molecule has 0 aromatic rings. The molecule has 2 heterocycles. The molecule has 5 nitrogen and oxygen atoms in total. The molecule has 6 heteroatoms. The molecule has 2 aliphatic heterocycles. The van der Waals surface area contributed by atoms with Crippen LogP contribution in [0, 0.1) is 0 Å². The van der Waals surface area contributed by atoms with Gasteiger partial charge in [0.15, 0.2) is 0 Å². The van der Waals surface area contributed by atoms with Gasteiger partial charge in [-0.25, -0.2) is 4.79 Å². The van der Waals surface area contributed by atoms with Gasteiger partial charge in [-0.1, -0.05) is 12.2 Å². The SMILES string of the molecule is COC/C=C\C1C=C(C(=O)O)N2C(=O)C[C@H]2S1. The number of thioether (sulfide) groups is 1. The fourth-order valence-electron chi connectivity index (χ4n) is 1.80. The first-order chi connectivity index (χ1) is 8.13. The van der Waals surface area contributed by atoms with Gasteiger partial charge in [0.25, 0.3) is 0 Å². The molecule has 1 unspecified atom stereocenters. The van der Waals surface area contributed by atoms with Crippen LogP contribution in [0.25, 0.3) is 0 Å². The van der Waals surface area contributed by atoms with Crippen LogP contribution in [0.1, 0.15) is 6.42 Å². The monoisotopic (exact) mass is 255 g/mol. The molecule has 1 fully saturated rings. The average molecular weight is 255 g/mol. The number of hydrogen-bond donors (Lipinski definition) is 1. The van der Waals surface area contributed by atoms with E-state index in [1.54, 1.807) is 24.9 Å². The van der Waals surface area contributed by atoms with Crippen LogP contribution in [0.2, 0.25) is 0 Å². The van der Waals surface area contributed by atoms with Crippen molar-refractivity contribution in [1.29, 1.82) is 0 Å². The summed E-state index contributed by atoms with van der Waals surface area (Å²) in [4.78, 5) is 23.7. The Balaban J connectivity index is 2.14. The van der Waals surface area contributed by atoms with Crippen molar-refractivity contribution in [2.24, 2.45) is 0 Å². The molecule has 0 radical (unpaired) electrons. The summed E-state index contributed by atoms with van der Waals surface area (Å²) in [7, 11) is 1.60. The van der Waals surface area contributed by atoms with Crippen LogP contribution in [0.5, 0.6) is 0 Å². The number of ether oxygens (including phenoxy) is 1. The van der Waals surface area contributed by atoms with Crippen LogP contribution in [0.4, 0.5) is 0 Å². The fraction of sp³-hybridized carbons (Fsp3) is 0.455. The summed E-state index contributed by atoms with van der Waals surface area (Å²) in [6, 6.07) is 0. The number of carbonyl (C=O) groups is 2. The van der Waals surface area contributed by atoms with E-state index in [-0.39, 0.29) is 22.2 Å². The molecule has 1 saturated heterocycles. The minimum atomic E-state index is -1.05. The third kappa shape index (κ3) is 2.37. The lowest BCUT2D eigenvalue weighted by atomic mass is 10.1. The molecule has 2 atom stereocenters. The number of fused-ring (bicyclic) bond motifs is 1. The molecule has 17 heavy (non-hydrogen) atoms. The van der Waals surface area contributed by atoms with Gasteiger partial charge >= 0.3 is 5.97 Å². The van der Waals surface area contributed by atoms with Crippen LogP contribution in [-0.2, 0) is 14.3 Å². The minimum Gasteiger partial charge on any atom is -0.477 e. The Morgan fingerprint density at radius 3 is 3.12 bits per heavy atom. The normalized spacial score (nSPS) is 27.7. The van der Waals surface area contributed by atoms with Crippen molar-refractivity contribution >= 4 is 23.6 Å². The maximum atomic E-state index is 11.3. The lowest BCUT2D eigenvalue weighted by Gasteiger charge is -2.43. The molecular formula is C11H13NO4S. The van der Waals surface area contributed by atoms with E-state index in [1.165, 1.54) is 4.90 Å². The number of nitrogens with zero attached hydrogens (tertiary/aromatic N) is 1. The van der Waals surface area contributed by atoms with Gasteiger partial charge in [-0.05, 0) is 6.08 Å². The first-order valence-corrected chi connectivity index (χ1v) is 6.16. The van der Waals surface area contributed by atoms with E-state index in [0.717, 1.165) is 0 Å². The van der Waals surface area contributed by atoms with Crippen LogP contribution >= 0.6 is 11.8 Å². The van der Waals surface area contributed by atoms with Crippen molar-refractivity contribution < 1.29 is 19.4 Å². The number of methoxy groups -OCH3 is 1. The Labute approximate surface area is 103 Å². The molecule has 0 bridgehead atoms. The fourth-order valence-corrected chi connectivity index (χ4v) is 3.17. The van der Waals surface area contributed by atoms with Crippen LogP contribution in [0.15, 0.2) is 23.9 Å². The Morgan fingerprint density at radius 2 is 2.53 bits per heavy atom. The molecule has 0 aliphatic carbocycles. The van der Waals surface area contributed by atoms with Gasteiger partial charge in [0.05, 0.1) is 18.4 Å². The van der Waals surface area contributed by atoms with Crippen molar-refractivity contribution in [3.8, 4) is 0 Å². The number of carboxylic acid groups (broad SMARTS) is 1. The molecule has 92 valence electrons. The zero-order valence-corrected chi connectivity index (χ0v) is 10.1. The van der Waals surface area contributed by atoms with E-state index in [4.69, 9.17) is 9.84 Å². The van der Waals surface area contributed by atoms with E-state index in [1.807, 2.05) is 12.2 Å². The number of hydrogen-bond acceptors (Lipinski definition) is 4. The summed E-state index contributed by atoms with van der Waals surface area (Å²) in [6.07, 6.45) is 5.78. The number of amides is 1. The highest BCUT2D eigenvalue weighted by molar-refractivity contribution is 8.01. The van der Waals surface area contributed by atoms with E-state index in [0.29, 0.717) is 13.0 Å². The molecule has 2 aliphatic rings. The van der Waals surface area contributed by atoms with Gasteiger partial charge in [0, 0.05) is 12.4 Å². The van der Waals surface area contributed by atoms with Gasteiger partial charge in [-0.15, -0.1) is 11.8 Å². The van der Waals surface area contributed by atoms with Crippen molar-refractivity contribution in [3.63, 3.8) is 0 Å². The maximum Gasteiger partial charge on any atom is 0.352 e. The van der Waals surface area contributed by atoms with Crippen LogP contribution < -0.4 is 0 Å². The predicted molar refractivity (Wildman–Crippen MR) is 63.4 cm³/mol. The average Bonchev–Trinajstić information content (AvgIpc) is 2.27. The summed E-state index contributed by atoms with van der Waals surface area (Å²) in [5.41, 5.74) is 0.0945. The van der Waals surface area contributed by atoms with Crippen molar-refractivity contribution in [2.75, 3.05) is 13.7 Å². The highest BCUT2D eigenvalue weighted by Crippen LogP contribution is 2.40. The summed E-state index contributed by atoms with van der Waals surface area (Å²) in [5.74, 6) is -1.16. The van der Waals surface area contributed by atoms with Gasteiger partial charge in [-0.2, -0.15) is 0 Å². The Morgan fingerprint density at radius 1 is 1.76 bits per heavy atom. The lowest BCUT2D eigenvalue weighted by molar-refractivity contribution is -0.146. The minimum absolute atomic E-state index is 0.00870.